The van der Waals surface area contributed by atoms with E-state index in [0.717, 1.165) is 12.8 Å². The van der Waals surface area contributed by atoms with E-state index in [0.29, 0.717) is 19.1 Å². The lowest BCUT2D eigenvalue weighted by Gasteiger charge is -2.29. The molecule has 1 amide bonds. The zero-order valence-electron chi connectivity index (χ0n) is 7.70. The Morgan fingerprint density at radius 1 is 1.43 bits per heavy atom. The van der Waals surface area contributed by atoms with Crippen LogP contribution in [0.2, 0.25) is 0 Å². The Bertz CT molecular complexity index is 303. The molecule has 1 aromatic heterocycles. The van der Waals surface area contributed by atoms with Gasteiger partial charge in [0.15, 0.2) is 0 Å². The van der Waals surface area contributed by atoms with E-state index in [1.807, 2.05) is 6.20 Å². The average Bonchev–Trinajstić information content (AvgIpc) is 2.71. The maximum atomic E-state index is 10.6. The lowest BCUT2D eigenvalue weighted by molar-refractivity contribution is 0.123. The number of carbonyl (C=O) groups is 1. The van der Waals surface area contributed by atoms with Crippen LogP contribution in [0.4, 0.5) is 4.79 Å². The van der Waals surface area contributed by atoms with Crippen molar-refractivity contribution < 1.29 is 9.90 Å². The molecule has 1 aliphatic rings. The molecule has 0 saturated carbocycles. The molecule has 1 saturated heterocycles. The lowest BCUT2D eigenvalue weighted by atomic mass is 10.1. The topological polar surface area (TPSA) is 71.2 Å². The van der Waals surface area contributed by atoms with E-state index >= 15 is 0 Å². The number of hydrogen-bond donors (Lipinski definition) is 1. The number of amides is 1. The minimum absolute atomic E-state index is 0.299. The van der Waals surface area contributed by atoms with Crippen LogP contribution in [0.5, 0.6) is 0 Å². The van der Waals surface area contributed by atoms with Crippen LogP contribution < -0.4 is 0 Å². The third-order valence-corrected chi connectivity index (χ3v) is 2.55. The molecule has 2 rings (SSSR count). The molecule has 0 bridgehead atoms. The maximum absolute atomic E-state index is 10.6. The van der Waals surface area contributed by atoms with Gasteiger partial charge in [-0.2, -0.15) is 0 Å². The highest BCUT2D eigenvalue weighted by atomic mass is 16.4. The Balaban J connectivity index is 1.93. The highest BCUT2D eigenvalue weighted by Crippen LogP contribution is 2.20. The molecule has 0 aliphatic carbocycles. The molecule has 0 atom stereocenters. The average molecular weight is 196 g/mol. The summed E-state index contributed by atoms with van der Waals surface area (Å²) < 4.78 is 1.80. The molecule has 1 aromatic rings. The first-order valence-corrected chi connectivity index (χ1v) is 4.61. The molecular formula is C8H12N4O2. The number of aromatic nitrogens is 3. The van der Waals surface area contributed by atoms with E-state index in [9.17, 15) is 4.79 Å². The van der Waals surface area contributed by atoms with Crippen molar-refractivity contribution in [2.75, 3.05) is 13.1 Å². The van der Waals surface area contributed by atoms with Crippen molar-refractivity contribution in [3.8, 4) is 0 Å². The minimum atomic E-state index is -0.831. The Morgan fingerprint density at radius 3 is 2.64 bits per heavy atom. The monoisotopic (exact) mass is 196 g/mol. The van der Waals surface area contributed by atoms with Crippen LogP contribution in [-0.2, 0) is 0 Å². The molecule has 2 heterocycles. The van der Waals surface area contributed by atoms with Gasteiger partial charge in [-0.05, 0) is 12.8 Å². The number of piperidine rings is 1. The predicted molar refractivity (Wildman–Crippen MR) is 47.9 cm³/mol. The van der Waals surface area contributed by atoms with Crippen molar-refractivity contribution in [2.24, 2.45) is 0 Å². The van der Waals surface area contributed by atoms with Crippen molar-refractivity contribution in [2.45, 2.75) is 18.9 Å². The molecule has 6 heteroatoms. The largest absolute Gasteiger partial charge is 0.465 e. The number of rotatable bonds is 1. The molecule has 14 heavy (non-hydrogen) atoms. The summed E-state index contributed by atoms with van der Waals surface area (Å²) in [5.41, 5.74) is 0. The Hall–Kier alpha value is -1.59. The summed E-state index contributed by atoms with van der Waals surface area (Å²) in [5.74, 6) is 0. The molecule has 6 nitrogen and oxygen atoms in total. The molecule has 0 aromatic carbocycles. The third kappa shape index (κ3) is 1.68. The van der Waals surface area contributed by atoms with Crippen LogP contribution in [0, 0.1) is 0 Å². The molecule has 1 N–H and O–H groups in total. The zero-order valence-corrected chi connectivity index (χ0v) is 7.70. The summed E-state index contributed by atoms with van der Waals surface area (Å²) in [4.78, 5) is 12.1. The zero-order chi connectivity index (χ0) is 9.97. The van der Waals surface area contributed by atoms with Crippen molar-refractivity contribution in [1.82, 2.24) is 19.9 Å². The minimum Gasteiger partial charge on any atom is -0.465 e. The van der Waals surface area contributed by atoms with E-state index in [4.69, 9.17) is 5.11 Å². The van der Waals surface area contributed by atoms with Gasteiger partial charge in [0.25, 0.3) is 0 Å². The molecule has 1 fully saturated rings. The van der Waals surface area contributed by atoms with Crippen molar-refractivity contribution in [1.29, 1.82) is 0 Å². The van der Waals surface area contributed by atoms with Crippen LogP contribution in [0.3, 0.4) is 0 Å². The molecule has 0 unspecified atom stereocenters. The Morgan fingerprint density at radius 2 is 2.14 bits per heavy atom. The lowest BCUT2D eigenvalue weighted by Crippen LogP contribution is -2.38. The smallest absolute Gasteiger partial charge is 0.407 e. The molecule has 0 spiro atoms. The van der Waals surface area contributed by atoms with Crippen LogP contribution in [-0.4, -0.2) is 44.2 Å². The fourth-order valence-corrected chi connectivity index (χ4v) is 1.73. The van der Waals surface area contributed by atoms with E-state index in [-0.39, 0.29) is 0 Å². The van der Waals surface area contributed by atoms with E-state index in [1.165, 1.54) is 4.90 Å². The van der Waals surface area contributed by atoms with Crippen LogP contribution in [0.25, 0.3) is 0 Å². The normalized spacial score (nSPS) is 18.4. The van der Waals surface area contributed by atoms with Crippen LogP contribution >= 0.6 is 0 Å². The van der Waals surface area contributed by atoms with Gasteiger partial charge >= 0.3 is 6.09 Å². The van der Waals surface area contributed by atoms with Gasteiger partial charge in [-0.25, -0.2) is 9.48 Å². The van der Waals surface area contributed by atoms with Gasteiger partial charge < -0.3 is 10.0 Å². The second-order valence-corrected chi connectivity index (χ2v) is 3.38. The standard InChI is InChI=1S/C8H12N4O2/c13-8(14)11-4-1-7(2-5-11)12-6-3-9-10-12/h3,6-7H,1-2,4-5H2,(H,13,14). The number of nitrogens with zero attached hydrogens (tertiary/aromatic N) is 4. The van der Waals surface area contributed by atoms with Gasteiger partial charge in [0.1, 0.15) is 0 Å². The first-order valence-electron chi connectivity index (χ1n) is 4.61. The summed E-state index contributed by atoms with van der Waals surface area (Å²) in [7, 11) is 0. The van der Waals surface area contributed by atoms with Gasteiger partial charge in [0.05, 0.1) is 12.2 Å². The highest BCUT2D eigenvalue weighted by Gasteiger charge is 2.23. The third-order valence-electron chi connectivity index (χ3n) is 2.55. The maximum Gasteiger partial charge on any atom is 0.407 e. The summed E-state index contributed by atoms with van der Waals surface area (Å²) >= 11 is 0. The van der Waals surface area contributed by atoms with E-state index in [1.54, 1.807) is 10.9 Å². The molecule has 0 radical (unpaired) electrons. The van der Waals surface area contributed by atoms with Gasteiger partial charge in [0.2, 0.25) is 0 Å². The van der Waals surface area contributed by atoms with E-state index in [2.05, 4.69) is 10.3 Å². The highest BCUT2D eigenvalue weighted by molar-refractivity contribution is 5.64. The van der Waals surface area contributed by atoms with Crippen molar-refractivity contribution in [3.05, 3.63) is 12.4 Å². The van der Waals surface area contributed by atoms with Crippen LogP contribution in [0.1, 0.15) is 18.9 Å². The summed E-state index contributed by atoms with van der Waals surface area (Å²) in [6.07, 6.45) is 4.26. The fraction of sp³-hybridized carbons (Fsp3) is 0.625. The van der Waals surface area contributed by atoms with Gasteiger partial charge in [0, 0.05) is 19.3 Å². The number of hydrogen-bond acceptors (Lipinski definition) is 3. The fourth-order valence-electron chi connectivity index (χ4n) is 1.73. The Labute approximate surface area is 81.1 Å². The van der Waals surface area contributed by atoms with Gasteiger partial charge in [-0.3, -0.25) is 0 Å². The van der Waals surface area contributed by atoms with Crippen molar-refractivity contribution >= 4 is 6.09 Å². The predicted octanol–water partition coefficient (Wildman–Crippen LogP) is 0.593. The van der Waals surface area contributed by atoms with Gasteiger partial charge in [-0.1, -0.05) is 5.21 Å². The summed E-state index contributed by atoms with van der Waals surface area (Å²) in [5, 5.41) is 16.4. The first-order chi connectivity index (χ1) is 6.77. The SMILES string of the molecule is O=C(O)N1CCC(n2ccnn2)CC1. The molecule has 1 aliphatic heterocycles. The summed E-state index contributed by atoms with van der Waals surface area (Å²) in [6, 6.07) is 0.299. The summed E-state index contributed by atoms with van der Waals surface area (Å²) in [6.45, 7) is 1.17. The quantitative estimate of drug-likeness (QED) is 0.713. The number of likely N-dealkylation sites (tertiary alicyclic amines) is 1. The van der Waals surface area contributed by atoms with Gasteiger partial charge in [-0.15, -0.1) is 5.10 Å². The second-order valence-electron chi connectivity index (χ2n) is 3.38. The first kappa shape index (κ1) is 8.98. The second kappa shape index (κ2) is 3.65. The molecule has 76 valence electrons. The van der Waals surface area contributed by atoms with Crippen LogP contribution in [0.15, 0.2) is 12.4 Å². The van der Waals surface area contributed by atoms with E-state index < -0.39 is 6.09 Å². The van der Waals surface area contributed by atoms with Crippen molar-refractivity contribution in [3.63, 3.8) is 0 Å². The molecular weight excluding hydrogens is 184 g/mol. The Kier molecular flexibility index (Phi) is 2.34. The number of carboxylic acid groups (broad SMARTS) is 1.